The minimum atomic E-state index is -4.14. The maximum atomic E-state index is 13.4. The Morgan fingerprint density at radius 2 is 2.25 bits per heavy atom. The van der Waals surface area contributed by atoms with E-state index >= 15 is 0 Å². The Morgan fingerprint density at radius 1 is 1.50 bits per heavy atom. The molecule has 0 aliphatic heterocycles. The number of hydrogen-bond donors (Lipinski definition) is 1. The second-order valence-corrected chi connectivity index (χ2v) is 6.17. The number of nitrogens with zero attached hydrogens (tertiary/aromatic N) is 2. The van der Waals surface area contributed by atoms with E-state index in [9.17, 15) is 17.6 Å². The topological polar surface area (TPSA) is 98.2 Å². The number of methoxy groups -OCH3 is 1. The number of pyridine rings is 1. The molecule has 2 heterocycles. The summed E-state index contributed by atoms with van der Waals surface area (Å²) in [7, 11) is -3.04. The fourth-order valence-electron chi connectivity index (χ4n) is 1.31. The molecule has 10 heteroatoms. The van der Waals surface area contributed by atoms with E-state index in [0.717, 1.165) is 30.7 Å². The van der Waals surface area contributed by atoms with E-state index in [0.29, 0.717) is 0 Å². The van der Waals surface area contributed by atoms with Crippen molar-refractivity contribution >= 4 is 33.0 Å². The summed E-state index contributed by atoms with van der Waals surface area (Å²) in [5, 5.41) is 0. The average Bonchev–Trinajstić information content (AvgIpc) is 2.90. The highest BCUT2D eigenvalue weighted by molar-refractivity contribution is 7.94. The predicted molar refractivity (Wildman–Crippen MR) is 68.5 cm³/mol. The highest BCUT2D eigenvalue weighted by Gasteiger charge is 2.27. The van der Waals surface area contributed by atoms with Crippen molar-refractivity contribution in [3.63, 3.8) is 0 Å². The number of sulfonamides is 1. The summed E-state index contributed by atoms with van der Waals surface area (Å²) >= 11 is 0.725. The molecule has 2 rings (SSSR count). The zero-order valence-electron chi connectivity index (χ0n) is 10.0. The fraction of sp³-hybridized carbons (Fsp3) is 0.100. The molecule has 0 amide bonds. The smallest absolute Gasteiger partial charge is 0.358 e. The van der Waals surface area contributed by atoms with E-state index in [1.165, 1.54) is 11.7 Å². The van der Waals surface area contributed by atoms with E-state index < -0.39 is 21.8 Å². The molecule has 0 fully saturated rings. The van der Waals surface area contributed by atoms with E-state index in [2.05, 4.69) is 14.7 Å². The zero-order chi connectivity index (χ0) is 14.8. The van der Waals surface area contributed by atoms with Gasteiger partial charge in [-0.25, -0.2) is 22.6 Å². The second kappa shape index (κ2) is 5.51. The number of nitrogens with one attached hydrogen (secondary N) is 1. The quantitative estimate of drug-likeness (QED) is 0.853. The third-order valence-corrected chi connectivity index (χ3v) is 4.91. The number of aromatic nitrogens is 2. The summed E-state index contributed by atoms with van der Waals surface area (Å²) in [6, 6.07) is 1.16. The van der Waals surface area contributed by atoms with Gasteiger partial charge in [0, 0.05) is 6.20 Å². The van der Waals surface area contributed by atoms with Crippen LogP contribution in [0.3, 0.4) is 0 Å². The van der Waals surface area contributed by atoms with Crippen LogP contribution in [0.2, 0.25) is 0 Å². The second-order valence-electron chi connectivity index (χ2n) is 3.44. The maximum Gasteiger partial charge on any atom is 0.358 e. The molecule has 0 aliphatic rings. The Bertz CT molecular complexity index is 744. The van der Waals surface area contributed by atoms with Gasteiger partial charge in [-0.3, -0.25) is 9.71 Å². The summed E-state index contributed by atoms with van der Waals surface area (Å²) < 4.78 is 43.7. The molecule has 0 atom stereocenters. The highest BCUT2D eigenvalue weighted by Crippen LogP contribution is 2.24. The molecule has 2 aromatic heterocycles. The minimum Gasteiger partial charge on any atom is -0.464 e. The third-order valence-electron chi connectivity index (χ3n) is 2.17. The number of carbonyl (C=O) groups is 1. The summed E-state index contributed by atoms with van der Waals surface area (Å²) in [6.45, 7) is 0. The number of esters is 1. The van der Waals surface area contributed by atoms with Gasteiger partial charge in [0.1, 0.15) is 0 Å². The van der Waals surface area contributed by atoms with Crippen LogP contribution in [0.25, 0.3) is 0 Å². The van der Waals surface area contributed by atoms with Gasteiger partial charge in [-0.15, -0.1) is 11.3 Å². The molecule has 0 unspecified atom stereocenters. The lowest BCUT2D eigenvalue weighted by atomic mass is 10.4. The highest BCUT2D eigenvalue weighted by atomic mass is 32.2. The SMILES string of the molecule is COC(=O)c1ncsc1S(=O)(=O)Nc1ccncc1F. The lowest BCUT2D eigenvalue weighted by molar-refractivity contribution is 0.0590. The number of hydrogen-bond acceptors (Lipinski definition) is 7. The first-order valence-electron chi connectivity index (χ1n) is 5.10. The molecule has 0 aromatic carbocycles. The van der Waals surface area contributed by atoms with E-state index in [-0.39, 0.29) is 15.6 Å². The Labute approximate surface area is 117 Å². The summed E-state index contributed by atoms with van der Waals surface area (Å²) in [4.78, 5) is 18.5. The number of anilines is 1. The number of halogens is 1. The van der Waals surface area contributed by atoms with Crippen LogP contribution in [0, 0.1) is 5.82 Å². The molecule has 106 valence electrons. The number of ether oxygens (including phenoxy) is 1. The van der Waals surface area contributed by atoms with Crippen LogP contribution in [-0.4, -0.2) is 31.5 Å². The molecule has 20 heavy (non-hydrogen) atoms. The molecule has 0 bridgehead atoms. The molecule has 1 N–H and O–H groups in total. The van der Waals surface area contributed by atoms with Crippen LogP contribution in [0.5, 0.6) is 0 Å². The lowest BCUT2D eigenvalue weighted by Crippen LogP contribution is -2.16. The zero-order valence-corrected chi connectivity index (χ0v) is 11.7. The van der Waals surface area contributed by atoms with Crippen LogP contribution in [0.15, 0.2) is 28.2 Å². The van der Waals surface area contributed by atoms with Crippen molar-refractivity contribution in [2.45, 2.75) is 4.21 Å². The summed E-state index contributed by atoms with van der Waals surface area (Å²) in [5.41, 5.74) is 0.563. The van der Waals surface area contributed by atoms with Crippen molar-refractivity contribution in [3.8, 4) is 0 Å². The normalized spacial score (nSPS) is 11.1. The number of carbonyl (C=O) groups excluding carboxylic acids is 1. The van der Waals surface area contributed by atoms with Crippen molar-refractivity contribution in [2.75, 3.05) is 11.8 Å². The number of rotatable bonds is 4. The summed E-state index contributed by atoms with van der Waals surface area (Å²) in [6.07, 6.45) is 2.10. The maximum absolute atomic E-state index is 13.4. The van der Waals surface area contributed by atoms with Crippen LogP contribution < -0.4 is 4.72 Å². The third kappa shape index (κ3) is 2.75. The first-order valence-corrected chi connectivity index (χ1v) is 7.46. The first kappa shape index (κ1) is 14.3. The standard InChI is InChI=1S/C10H8FN3O4S2/c1-18-9(15)8-10(19-5-13-8)20(16,17)14-7-2-3-12-4-6(7)11/h2-5H,1H3,(H,12,14). The predicted octanol–water partition coefficient (Wildman–Crippen LogP) is 1.26. The Balaban J connectivity index is 2.40. The molecule has 2 aromatic rings. The minimum absolute atomic E-state index is 0.274. The monoisotopic (exact) mass is 317 g/mol. The van der Waals surface area contributed by atoms with Crippen LogP contribution >= 0.6 is 11.3 Å². The molecule has 7 nitrogen and oxygen atoms in total. The Kier molecular flexibility index (Phi) is 3.95. The molecule has 0 spiro atoms. The van der Waals surface area contributed by atoms with E-state index in [1.807, 2.05) is 4.72 Å². The van der Waals surface area contributed by atoms with Gasteiger partial charge in [0.05, 0.1) is 24.5 Å². The Morgan fingerprint density at radius 3 is 2.90 bits per heavy atom. The van der Waals surface area contributed by atoms with Crippen molar-refractivity contribution in [3.05, 3.63) is 35.5 Å². The van der Waals surface area contributed by atoms with Gasteiger partial charge in [0.15, 0.2) is 15.7 Å². The average molecular weight is 317 g/mol. The van der Waals surface area contributed by atoms with Gasteiger partial charge in [-0.1, -0.05) is 0 Å². The van der Waals surface area contributed by atoms with Gasteiger partial charge >= 0.3 is 5.97 Å². The summed E-state index contributed by atoms with van der Waals surface area (Å²) in [5.74, 6) is -1.72. The van der Waals surface area contributed by atoms with Crippen LogP contribution in [-0.2, 0) is 14.8 Å². The van der Waals surface area contributed by atoms with Gasteiger partial charge < -0.3 is 4.74 Å². The van der Waals surface area contributed by atoms with Gasteiger partial charge in [-0.05, 0) is 6.07 Å². The van der Waals surface area contributed by atoms with Crippen molar-refractivity contribution < 1.29 is 22.3 Å². The lowest BCUT2D eigenvalue weighted by Gasteiger charge is -2.07. The van der Waals surface area contributed by atoms with Crippen molar-refractivity contribution in [1.82, 2.24) is 9.97 Å². The van der Waals surface area contributed by atoms with Crippen molar-refractivity contribution in [1.29, 1.82) is 0 Å². The largest absolute Gasteiger partial charge is 0.464 e. The van der Waals surface area contributed by atoms with Gasteiger partial charge in [0.25, 0.3) is 10.0 Å². The van der Waals surface area contributed by atoms with Crippen LogP contribution in [0.4, 0.5) is 10.1 Å². The van der Waals surface area contributed by atoms with Crippen LogP contribution in [0.1, 0.15) is 10.5 Å². The van der Waals surface area contributed by atoms with E-state index in [4.69, 9.17) is 0 Å². The first-order chi connectivity index (χ1) is 9.45. The molecule has 0 saturated carbocycles. The van der Waals surface area contributed by atoms with E-state index in [1.54, 1.807) is 0 Å². The fourth-order valence-corrected chi connectivity index (χ4v) is 3.51. The molecular formula is C10H8FN3O4S2. The van der Waals surface area contributed by atoms with Gasteiger partial charge in [-0.2, -0.15) is 0 Å². The van der Waals surface area contributed by atoms with Gasteiger partial charge in [0.2, 0.25) is 0 Å². The molecule has 0 saturated heterocycles. The molecule has 0 aliphatic carbocycles. The molecular weight excluding hydrogens is 309 g/mol. The number of thiazole rings is 1. The molecule has 0 radical (unpaired) electrons. The van der Waals surface area contributed by atoms with Crippen molar-refractivity contribution in [2.24, 2.45) is 0 Å². The Hall–Kier alpha value is -2.07.